The summed E-state index contributed by atoms with van der Waals surface area (Å²) < 4.78 is 59.1. The Morgan fingerprint density at radius 2 is 1.80 bits per heavy atom. The van der Waals surface area contributed by atoms with E-state index in [-0.39, 0.29) is 36.0 Å². The number of carbonyl (C=O) groups is 2. The summed E-state index contributed by atoms with van der Waals surface area (Å²) in [6.07, 6.45) is -2.73. The van der Waals surface area contributed by atoms with Crippen LogP contribution in [0.1, 0.15) is 27.0 Å². The highest BCUT2D eigenvalue weighted by Crippen LogP contribution is 2.36. The first kappa shape index (κ1) is 23.5. The molecule has 1 fully saturated rings. The van der Waals surface area contributed by atoms with Crippen LogP contribution in [0, 0.1) is 17.7 Å². The van der Waals surface area contributed by atoms with Crippen molar-refractivity contribution < 1.29 is 31.9 Å². The van der Waals surface area contributed by atoms with Crippen LogP contribution in [0.5, 0.6) is 0 Å². The molecule has 0 radical (unpaired) electrons. The Kier molecular flexibility index (Phi) is 6.24. The largest absolute Gasteiger partial charge is 0.447 e. The Hall–Kier alpha value is -4.66. The van der Waals surface area contributed by atoms with E-state index in [4.69, 9.17) is 10.5 Å². The number of nitrogens with zero attached hydrogens (tertiary/aromatic N) is 3. The third-order valence-electron chi connectivity index (χ3n) is 4.86. The number of cyclic esters (lactones) is 1. The smallest absolute Gasteiger partial charge is 0.416 e. The van der Waals surface area contributed by atoms with E-state index in [1.165, 1.54) is 18.5 Å². The van der Waals surface area contributed by atoms with E-state index in [9.17, 15) is 27.2 Å². The molecule has 1 aromatic heterocycles. The third-order valence-corrected chi connectivity index (χ3v) is 4.86. The minimum Gasteiger partial charge on any atom is -0.447 e. The summed E-state index contributed by atoms with van der Waals surface area (Å²) in [5.41, 5.74) is 4.20. The molecule has 2 aromatic carbocycles. The van der Waals surface area contributed by atoms with Crippen LogP contribution in [-0.2, 0) is 10.9 Å². The third kappa shape index (κ3) is 5.30. The minimum absolute atomic E-state index is 0.0199. The molecule has 2 heterocycles. The molecule has 3 aromatic rings. The molecule has 1 aliphatic rings. The van der Waals surface area contributed by atoms with Crippen molar-refractivity contribution in [1.82, 2.24) is 9.97 Å². The number of ether oxygens (including phenoxy) is 1. The zero-order valence-corrected chi connectivity index (χ0v) is 17.7. The first-order valence-corrected chi connectivity index (χ1v) is 9.98. The van der Waals surface area contributed by atoms with Gasteiger partial charge in [0, 0.05) is 18.0 Å². The van der Waals surface area contributed by atoms with Gasteiger partial charge in [-0.15, -0.1) is 0 Å². The fourth-order valence-electron chi connectivity index (χ4n) is 3.17. The highest BCUT2D eigenvalue weighted by molar-refractivity contribution is 6.07. The zero-order chi connectivity index (χ0) is 25.2. The number of hydrogen-bond acceptors (Lipinski definition) is 6. The van der Waals surface area contributed by atoms with Gasteiger partial charge in [0.1, 0.15) is 12.4 Å². The summed E-state index contributed by atoms with van der Waals surface area (Å²) in [6, 6.07) is 5.96. The average molecular weight is 485 g/mol. The van der Waals surface area contributed by atoms with Crippen LogP contribution in [0.2, 0.25) is 0 Å². The second kappa shape index (κ2) is 9.30. The van der Waals surface area contributed by atoms with Gasteiger partial charge in [0.2, 0.25) is 5.95 Å². The van der Waals surface area contributed by atoms with Crippen LogP contribution in [0.25, 0.3) is 0 Å². The van der Waals surface area contributed by atoms with Crippen molar-refractivity contribution in [2.24, 2.45) is 0 Å². The number of anilines is 3. The van der Waals surface area contributed by atoms with Crippen LogP contribution in [-0.4, -0.2) is 35.1 Å². The maximum atomic E-state index is 14.5. The van der Waals surface area contributed by atoms with E-state index < -0.39 is 35.1 Å². The Morgan fingerprint density at radius 1 is 1.09 bits per heavy atom. The van der Waals surface area contributed by atoms with Crippen LogP contribution >= 0.6 is 0 Å². The summed E-state index contributed by atoms with van der Waals surface area (Å²) in [5, 5.41) is 2.27. The van der Waals surface area contributed by atoms with Gasteiger partial charge >= 0.3 is 12.3 Å². The maximum Gasteiger partial charge on any atom is 0.416 e. The van der Waals surface area contributed by atoms with E-state index in [0.717, 1.165) is 29.2 Å². The minimum atomic E-state index is -4.71. The lowest BCUT2D eigenvalue weighted by molar-refractivity contribution is -0.137. The summed E-state index contributed by atoms with van der Waals surface area (Å²) >= 11 is 0. The fourth-order valence-corrected chi connectivity index (χ4v) is 3.17. The number of nitrogen functional groups attached to an aromatic ring is 1. The normalized spacial score (nSPS) is 13.1. The lowest BCUT2D eigenvalue weighted by Gasteiger charge is -2.20. The second-order valence-electron chi connectivity index (χ2n) is 7.22. The summed E-state index contributed by atoms with van der Waals surface area (Å²) in [7, 11) is 0. The zero-order valence-electron chi connectivity index (χ0n) is 17.7. The predicted octanol–water partition coefficient (Wildman–Crippen LogP) is 3.83. The first-order valence-electron chi connectivity index (χ1n) is 9.98. The molecular weight excluding hydrogens is 470 g/mol. The van der Waals surface area contributed by atoms with Crippen molar-refractivity contribution in [2.75, 3.05) is 29.1 Å². The fraction of sp³-hybridized carbons (Fsp3) is 0.130. The van der Waals surface area contributed by atoms with E-state index in [1.54, 1.807) is 0 Å². The van der Waals surface area contributed by atoms with Crippen molar-refractivity contribution in [1.29, 1.82) is 0 Å². The van der Waals surface area contributed by atoms with E-state index in [1.807, 2.05) is 0 Å². The number of carbonyl (C=O) groups excluding carboxylic acids is 2. The topological polar surface area (TPSA) is 110 Å². The van der Waals surface area contributed by atoms with Crippen LogP contribution in [0.3, 0.4) is 0 Å². The number of alkyl halides is 3. The highest BCUT2D eigenvalue weighted by atomic mass is 19.4. The molecule has 2 amide bonds. The molecule has 1 aliphatic heterocycles. The molecule has 4 rings (SSSR count). The molecule has 0 spiro atoms. The quantitative estimate of drug-likeness (QED) is 0.431. The molecule has 8 nitrogen and oxygen atoms in total. The summed E-state index contributed by atoms with van der Waals surface area (Å²) in [6.45, 7) is 0.100. The molecular formula is C23H15F4N5O3. The van der Waals surface area contributed by atoms with Crippen molar-refractivity contribution in [3.63, 3.8) is 0 Å². The number of hydrogen-bond donors (Lipinski definition) is 2. The van der Waals surface area contributed by atoms with Gasteiger partial charge in [0.25, 0.3) is 5.91 Å². The number of nitrogens with one attached hydrogen (secondary N) is 1. The molecule has 178 valence electrons. The number of benzene rings is 2. The number of amides is 2. The molecule has 35 heavy (non-hydrogen) atoms. The Bertz CT molecular complexity index is 1360. The lowest BCUT2D eigenvalue weighted by Crippen LogP contribution is -2.26. The van der Waals surface area contributed by atoms with Crippen molar-refractivity contribution in [3.05, 3.63) is 76.9 Å². The average Bonchev–Trinajstić information content (AvgIpc) is 3.24. The Balaban J connectivity index is 1.66. The van der Waals surface area contributed by atoms with Gasteiger partial charge in [-0.05, 0) is 36.4 Å². The van der Waals surface area contributed by atoms with Crippen LogP contribution < -0.4 is 16.0 Å². The van der Waals surface area contributed by atoms with Gasteiger partial charge in [-0.3, -0.25) is 9.69 Å². The van der Waals surface area contributed by atoms with E-state index in [2.05, 4.69) is 27.1 Å². The van der Waals surface area contributed by atoms with Gasteiger partial charge in [-0.25, -0.2) is 19.2 Å². The number of aromatic nitrogens is 2. The van der Waals surface area contributed by atoms with Crippen molar-refractivity contribution >= 4 is 29.3 Å². The SMILES string of the molecule is Nc1ncc(C#Cc2ccc(F)c(C(=O)Nc3cc(C(F)(F)F)ccc3N3CCOC3=O)c2)cn1. The Labute approximate surface area is 195 Å². The van der Waals surface area contributed by atoms with Crippen molar-refractivity contribution in [2.45, 2.75) is 6.18 Å². The predicted molar refractivity (Wildman–Crippen MR) is 117 cm³/mol. The molecule has 0 aliphatic carbocycles. The standard InChI is InChI=1S/C23H15F4N5O3/c24-17-5-3-13(1-2-14-11-29-21(28)30-12-14)9-16(17)20(33)31-18-10-15(23(25,26)27)4-6-19(18)32-7-8-35-22(32)34/h3-6,9-12H,7-8H2,(H,31,33)(H2,28,29,30). The van der Waals surface area contributed by atoms with E-state index in [0.29, 0.717) is 11.6 Å². The molecule has 0 atom stereocenters. The highest BCUT2D eigenvalue weighted by Gasteiger charge is 2.33. The second-order valence-corrected chi connectivity index (χ2v) is 7.22. The summed E-state index contributed by atoms with van der Waals surface area (Å²) in [5.74, 6) is 3.56. The molecule has 1 saturated heterocycles. The molecule has 12 heteroatoms. The van der Waals surface area contributed by atoms with Gasteiger partial charge in [-0.2, -0.15) is 13.2 Å². The summed E-state index contributed by atoms with van der Waals surface area (Å²) in [4.78, 5) is 33.5. The van der Waals surface area contributed by atoms with Crippen LogP contribution in [0.4, 0.5) is 39.7 Å². The number of nitrogens with two attached hydrogens (primary N) is 1. The van der Waals surface area contributed by atoms with Crippen LogP contribution in [0.15, 0.2) is 48.8 Å². The molecule has 3 N–H and O–H groups in total. The van der Waals surface area contributed by atoms with Gasteiger partial charge < -0.3 is 15.8 Å². The maximum absolute atomic E-state index is 14.5. The van der Waals surface area contributed by atoms with Crippen molar-refractivity contribution in [3.8, 4) is 11.8 Å². The molecule has 0 bridgehead atoms. The number of halogens is 4. The van der Waals surface area contributed by atoms with Gasteiger partial charge in [0.05, 0.1) is 34.6 Å². The molecule has 0 unspecified atom stereocenters. The van der Waals surface area contributed by atoms with Gasteiger partial charge in [0.15, 0.2) is 0 Å². The number of rotatable bonds is 3. The first-order chi connectivity index (χ1) is 16.6. The van der Waals surface area contributed by atoms with Gasteiger partial charge in [-0.1, -0.05) is 11.8 Å². The lowest BCUT2D eigenvalue weighted by atomic mass is 10.1. The van der Waals surface area contributed by atoms with E-state index >= 15 is 0 Å². The monoisotopic (exact) mass is 485 g/mol. The molecule has 0 saturated carbocycles. The Morgan fingerprint density at radius 3 is 2.46 bits per heavy atom.